The summed E-state index contributed by atoms with van der Waals surface area (Å²) in [6.45, 7) is 1.84. The predicted molar refractivity (Wildman–Crippen MR) is 119 cm³/mol. The van der Waals surface area contributed by atoms with Crippen LogP contribution in [-0.4, -0.2) is 56.0 Å². The SMILES string of the molecule is O=C(Nc1ccc(N2CCCS2(=O)=O)cc1)N(Cc1ccccc1O)C[C@@H]1CCCO1. The number of aromatic hydroxyl groups is 1. The van der Waals surface area contributed by atoms with E-state index >= 15 is 0 Å². The summed E-state index contributed by atoms with van der Waals surface area (Å²) in [5.41, 5.74) is 1.83. The van der Waals surface area contributed by atoms with Crippen LogP contribution >= 0.6 is 0 Å². The molecule has 0 radical (unpaired) electrons. The number of rotatable bonds is 6. The molecule has 0 saturated carbocycles. The third-order valence-electron chi connectivity index (χ3n) is 5.59. The lowest BCUT2D eigenvalue weighted by Gasteiger charge is -2.26. The Morgan fingerprint density at radius 1 is 1.16 bits per heavy atom. The Morgan fingerprint density at radius 2 is 1.94 bits per heavy atom. The van der Waals surface area contributed by atoms with Crippen molar-refractivity contribution in [2.75, 3.05) is 35.1 Å². The van der Waals surface area contributed by atoms with Gasteiger partial charge in [-0.1, -0.05) is 18.2 Å². The lowest BCUT2D eigenvalue weighted by atomic mass is 10.1. The maximum Gasteiger partial charge on any atom is 0.322 e. The predicted octanol–water partition coefficient (Wildman–Crippen LogP) is 3.15. The van der Waals surface area contributed by atoms with Crippen LogP contribution in [-0.2, 0) is 21.3 Å². The Balaban J connectivity index is 1.46. The Labute approximate surface area is 182 Å². The molecule has 0 aliphatic carbocycles. The molecule has 2 saturated heterocycles. The zero-order valence-corrected chi connectivity index (χ0v) is 18.1. The number of benzene rings is 2. The second-order valence-electron chi connectivity index (χ2n) is 7.86. The second kappa shape index (κ2) is 9.15. The summed E-state index contributed by atoms with van der Waals surface area (Å²) in [4.78, 5) is 14.7. The summed E-state index contributed by atoms with van der Waals surface area (Å²) in [6.07, 6.45) is 2.45. The Bertz CT molecular complexity index is 1020. The zero-order chi connectivity index (χ0) is 21.8. The van der Waals surface area contributed by atoms with Gasteiger partial charge >= 0.3 is 6.03 Å². The zero-order valence-electron chi connectivity index (χ0n) is 17.2. The lowest BCUT2D eigenvalue weighted by Crippen LogP contribution is -2.39. The first kappa shape index (κ1) is 21.5. The average Bonchev–Trinajstić information content (AvgIpc) is 3.38. The molecule has 2 aliphatic rings. The van der Waals surface area contributed by atoms with Gasteiger partial charge < -0.3 is 20.1 Å². The number of para-hydroxylation sites is 1. The average molecular weight is 446 g/mol. The first-order valence-corrected chi connectivity index (χ1v) is 12.1. The van der Waals surface area contributed by atoms with Crippen LogP contribution in [0.3, 0.4) is 0 Å². The van der Waals surface area contributed by atoms with Crippen LogP contribution in [0.1, 0.15) is 24.8 Å². The van der Waals surface area contributed by atoms with Crippen molar-refractivity contribution in [2.24, 2.45) is 0 Å². The Morgan fingerprint density at radius 3 is 2.58 bits per heavy atom. The van der Waals surface area contributed by atoms with Gasteiger partial charge in [-0.3, -0.25) is 4.31 Å². The van der Waals surface area contributed by atoms with Gasteiger partial charge in [-0.05, 0) is 49.6 Å². The van der Waals surface area contributed by atoms with Crippen molar-refractivity contribution < 1.29 is 23.1 Å². The van der Waals surface area contributed by atoms with Crippen LogP contribution in [0.2, 0.25) is 0 Å². The number of sulfonamides is 1. The molecule has 2 aliphatic heterocycles. The summed E-state index contributed by atoms with van der Waals surface area (Å²) in [5.74, 6) is 0.305. The van der Waals surface area contributed by atoms with E-state index in [1.54, 1.807) is 47.4 Å². The molecule has 0 aromatic heterocycles. The van der Waals surface area contributed by atoms with Crippen molar-refractivity contribution in [3.05, 3.63) is 54.1 Å². The van der Waals surface area contributed by atoms with E-state index in [0.29, 0.717) is 43.1 Å². The number of nitrogens with one attached hydrogen (secondary N) is 1. The van der Waals surface area contributed by atoms with Gasteiger partial charge in [0, 0.05) is 30.9 Å². The molecule has 2 N–H and O–H groups in total. The number of amides is 2. The minimum absolute atomic E-state index is 0.0284. The van der Waals surface area contributed by atoms with Crippen molar-refractivity contribution >= 4 is 27.4 Å². The summed E-state index contributed by atoms with van der Waals surface area (Å²) >= 11 is 0. The van der Waals surface area contributed by atoms with Crippen molar-refractivity contribution in [3.63, 3.8) is 0 Å². The van der Waals surface area contributed by atoms with Gasteiger partial charge in [-0.15, -0.1) is 0 Å². The molecule has 0 unspecified atom stereocenters. The molecule has 0 bridgehead atoms. The highest BCUT2D eigenvalue weighted by Gasteiger charge is 2.28. The fraction of sp³-hybridized carbons (Fsp3) is 0.409. The lowest BCUT2D eigenvalue weighted by molar-refractivity contribution is 0.0817. The van der Waals surface area contributed by atoms with Gasteiger partial charge in [0.1, 0.15) is 5.75 Å². The first-order valence-electron chi connectivity index (χ1n) is 10.5. The molecule has 9 heteroatoms. The van der Waals surface area contributed by atoms with Crippen molar-refractivity contribution in [1.29, 1.82) is 0 Å². The third kappa shape index (κ3) is 5.11. The van der Waals surface area contributed by atoms with Crippen molar-refractivity contribution in [2.45, 2.75) is 31.9 Å². The molecule has 2 heterocycles. The van der Waals surface area contributed by atoms with Gasteiger partial charge in [0.2, 0.25) is 10.0 Å². The molecule has 4 rings (SSSR count). The molecule has 2 aromatic rings. The summed E-state index contributed by atoms with van der Waals surface area (Å²) in [6, 6.07) is 13.4. The molecule has 166 valence electrons. The number of hydrogen-bond donors (Lipinski definition) is 2. The molecule has 1 atom stereocenters. The van der Waals surface area contributed by atoms with Gasteiger partial charge in [0.25, 0.3) is 0 Å². The number of carbonyl (C=O) groups is 1. The maximum absolute atomic E-state index is 13.0. The minimum Gasteiger partial charge on any atom is -0.508 e. The van der Waals surface area contributed by atoms with Crippen LogP contribution in [0.15, 0.2) is 48.5 Å². The Hall–Kier alpha value is -2.78. The number of phenols is 1. The van der Waals surface area contributed by atoms with Gasteiger partial charge in [-0.2, -0.15) is 0 Å². The van der Waals surface area contributed by atoms with E-state index in [2.05, 4.69) is 5.32 Å². The van der Waals surface area contributed by atoms with Gasteiger partial charge in [0.15, 0.2) is 0 Å². The maximum atomic E-state index is 13.0. The number of ether oxygens (including phenoxy) is 1. The first-order chi connectivity index (χ1) is 14.9. The largest absolute Gasteiger partial charge is 0.508 e. The van der Waals surface area contributed by atoms with E-state index in [4.69, 9.17) is 4.74 Å². The van der Waals surface area contributed by atoms with Crippen LogP contribution < -0.4 is 9.62 Å². The number of phenolic OH excluding ortho intramolecular Hbond substituents is 1. The monoisotopic (exact) mass is 445 g/mol. The molecule has 2 fully saturated rings. The van der Waals surface area contributed by atoms with Gasteiger partial charge in [-0.25, -0.2) is 13.2 Å². The van der Waals surface area contributed by atoms with Crippen LogP contribution in [0.5, 0.6) is 5.75 Å². The fourth-order valence-corrected chi connectivity index (χ4v) is 5.51. The fourth-order valence-electron chi connectivity index (χ4n) is 3.95. The highest BCUT2D eigenvalue weighted by Crippen LogP contribution is 2.26. The molecule has 2 aromatic carbocycles. The van der Waals surface area contributed by atoms with Crippen LogP contribution in [0.25, 0.3) is 0 Å². The van der Waals surface area contributed by atoms with Crippen molar-refractivity contribution in [1.82, 2.24) is 4.90 Å². The molecule has 2 amide bonds. The minimum atomic E-state index is -3.24. The highest BCUT2D eigenvalue weighted by atomic mass is 32.2. The van der Waals surface area contributed by atoms with E-state index in [-0.39, 0.29) is 30.2 Å². The molecular formula is C22H27N3O5S. The summed E-state index contributed by atoms with van der Waals surface area (Å²) in [7, 11) is -3.24. The molecular weight excluding hydrogens is 418 g/mol. The standard InChI is InChI=1S/C22H27N3O5S/c26-21-7-2-1-5-17(21)15-24(16-20-6-3-13-30-20)22(27)23-18-8-10-19(11-9-18)25-12-4-14-31(25,28)29/h1-2,5,7-11,20,26H,3-4,6,12-16H2,(H,23,27)/t20-/m0/s1. The molecule has 8 nitrogen and oxygen atoms in total. The quantitative estimate of drug-likeness (QED) is 0.712. The number of carbonyl (C=O) groups excluding carboxylic acids is 1. The van der Waals surface area contributed by atoms with Crippen LogP contribution in [0.4, 0.5) is 16.2 Å². The van der Waals surface area contributed by atoms with E-state index in [1.807, 2.05) is 6.07 Å². The highest BCUT2D eigenvalue weighted by molar-refractivity contribution is 7.93. The Kier molecular flexibility index (Phi) is 6.33. The van der Waals surface area contributed by atoms with E-state index in [1.165, 1.54) is 4.31 Å². The van der Waals surface area contributed by atoms with Crippen molar-refractivity contribution in [3.8, 4) is 5.75 Å². The van der Waals surface area contributed by atoms with E-state index < -0.39 is 10.0 Å². The normalized spacial score (nSPS) is 20.0. The number of hydrogen-bond acceptors (Lipinski definition) is 5. The number of urea groups is 1. The molecule has 0 spiro atoms. The van der Waals surface area contributed by atoms with E-state index in [9.17, 15) is 18.3 Å². The smallest absolute Gasteiger partial charge is 0.322 e. The number of nitrogens with zero attached hydrogens (tertiary/aromatic N) is 2. The summed E-state index contributed by atoms with van der Waals surface area (Å²) in [5, 5.41) is 13.0. The molecule has 31 heavy (non-hydrogen) atoms. The number of anilines is 2. The second-order valence-corrected chi connectivity index (χ2v) is 9.88. The topological polar surface area (TPSA) is 99.2 Å². The third-order valence-corrected chi connectivity index (χ3v) is 7.46. The van der Waals surface area contributed by atoms with Crippen LogP contribution in [0, 0.1) is 0 Å². The van der Waals surface area contributed by atoms with Gasteiger partial charge in [0.05, 0.1) is 24.1 Å². The van der Waals surface area contributed by atoms with E-state index in [0.717, 1.165) is 12.8 Å². The summed E-state index contributed by atoms with van der Waals surface area (Å²) < 4.78 is 31.3.